The number of esters is 1. The Balaban J connectivity index is 1.85. The van der Waals surface area contributed by atoms with E-state index in [1.165, 1.54) is 0 Å². The molecular formula is C16H11ClO4. The lowest BCUT2D eigenvalue weighted by Gasteiger charge is -2.25. The van der Waals surface area contributed by atoms with Gasteiger partial charge in [0.2, 0.25) is 6.79 Å². The Labute approximate surface area is 126 Å². The maximum atomic E-state index is 11.9. The number of benzene rings is 2. The number of hydrogen-bond donors (Lipinski definition) is 0. The van der Waals surface area contributed by atoms with E-state index in [4.69, 9.17) is 25.8 Å². The first-order valence-electron chi connectivity index (χ1n) is 6.60. The van der Waals surface area contributed by atoms with Crippen LogP contribution >= 0.6 is 11.6 Å². The summed E-state index contributed by atoms with van der Waals surface area (Å²) in [7, 11) is 0. The van der Waals surface area contributed by atoms with Crippen LogP contribution in [0.2, 0.25) is 5.02 Å². The van der Waals surface area contributed by atoms with Crippen molar-refractivity contribution in [3.05, 3.63) is 52.5 Å². The van der Waals surface area contributed by atoms with Gasteiger partial charge in [-0.3, -0.25) is 4.79 Å². The topological polar surface area (TPSA) is 44.8 Å². The average Bonchev–Trinajstić information content (AvgIpc) is 2.91. The Morgan fingerprint density at radius 3 is 2.67 bits per heavy atom. The summed E-state index contributed by atoms with van der Waals surface area (Å²) >= 11 is 6.06. The van der Waals surface area contributed by atoms with E-state index >= 15 is 0 Å². The third-order valence-electron chi connectivity index (χ3n) is 3.73. The largest absolute Gasteiger partial charge is 0.454 e. The molecule has 2 aliphatic rings. The number of carbonyl (C=O) groups is 1. The number of halogens is 1. The molecule has 106 valence electrons. The van der Waals surface area contributed by atoms with Crippen LogP contribution < -0.4 is 14.2 Å². The van der Waals surface area contributed by atoms with Crippen molar-refractivity contribution in [1.82, 2.24) is 0 Å². The van der Waals surface area contributed by atoms with Crippen molar-refractivity contribution in [2.45, 2.75) is 12.3 Å². The number of carbonyl (C=O) groups excluding carboxylic acids is 1. The number of rotatable bonds is 1. The van der Waals surface area contributed by atoms with Crippen molar-refractivity contribution in [3.63, 3.8) is 0 Å². The van der Waals surface area contributed by atoms with Crippen LogP contribution in [0.1, 0.15) is 23.5 Å². The fourth-order valence-electron chi connectivity index (χ4n) is 2.76. The van der Waals surface area contributed by atoms with Crippen molar-refractivity contribution in [2.75, 3.05) is 6.79 Å². The number of ether oxygens (including phenoxy) is 3. The molecule has 0 amide bonds. The quantitative estimate of drug-likeness (QED) is 0.597. The third-order valence-corrected chi connectivity index (χ3v) is 3.96. The van der Waals surface area contributed by atoms with Gasteiger partial charge in [-0.05, 0) is 23.8 Å². The van der Waals surface area contributed by atoms with Gasteiger partial charge in [0, 0.05) is 22.6 Å². The number of fused-ring (bicyclic) bond motifs is 2. The van der Waals surface area contributed by atoms with Gasteiger partial charge in [-0.1, -0.05) is 23.7 Å². The second-order valence-corrected chi connectivity index (χ2v) is 5.47. The van der Waals surface area contributed by atoms with Crippen LogP contribution in [0.25, 0.3) is 0 Å². The van der Waals surface area contributed by atoms with E-state index in [1.807, 2.05) is 30.3 Å². The Hall–Kier alpha value is -2.20. The first kappa shape index (κ1) is 12.5. The highest BCUT2D eigenvalue weighted by Gasteiger charge is 2.31. The molecule has 4 rings (SSSR count). The van der Waals surface area contributed by atoms with Gasteiger partial charge in [0.1, 0.15) is 5.75 Å². The molecule has 0 N–H and O–H groups in total. The van der Waals surface area contributed by atoms with Crippen molar-refractivity contribution >= 4 is 17.6 Å². The second-order valence-electron chi connectivity index (χ2n) is 5.03. The lowest BCUT2D eigenvalue weighted by molar-refractivity contribution is -0.135. The van der Waals surface area contributed by atoms with E-state index in [0.717, 1.165) is 11.1 Å². The molecule has 2 aromatic rings. The van der Waals surface area contributed by atoms with E-state index in [9.17, 15) is 4.79 Å². The van der Waals surface area contributed by atoms with E-state index in [2.05, 4.69) is 0 Å². The zero-order valence-corrected chi connectivity index (χ0v) is 11.7. The molecule has 21 heavy (non-hydrogen) atoms. The SMILES string of the molecule is O=C1CC(c2cccc(Cl)c2)c2cc3c(cc2O1)OCO3. The fraction of sp³-hybridized carbons (Fsp3) is 0.188. The molecule has 2 aliphatic heterocycles. The molecule has 0 bridgehead atoms. The van der Waals surface area contributed by atoms with Crippen LogP contribution in [-0.2, 0) is 4.79 Å². The molecule has 2 aromatic carbocycles. The van der Waals surface area contributed by atoms with Gasteiger partial charge < -0.3 is 14.2 Å². The maximum Gasteiger partial charge on any atom is 0.312 e. The van der Waals surface area contributed by atoms with Crippen LogP contribution in [0.5, 0.6) is 17.2 Å². The average molecular weight is 303 g/mol. The van der Waals surface area contributed by atoms with E-state index < -0.39 is 0 Å². The van der Waals surface area contributed by atoms with Gasteiger partial charge >= 0.3 is 5.97 Å². The monoisotopic (exact) mass is 302 g/mol. The summed E-state index contributed by atoms with van der Waals surface area (Å²) in [6.45, 7) is 0.188. The predicted octanol–water partition coefficient (Wildman–Crippen LogP) is 3.51. The minimum atomic E-state index is -0.258. The molecule has 0 saturated carbocycles. The summed E-state index contributed by atoms with van der Waals surface area (Å²) in [5.74, 6) is 1.47. The van der Waals surface area contributed by atoms with Crippen LogP contribution in [0.4, 0.5) is 0 Å². The molecular weight excluding hydrogens is 292 g/mol. The van der Waals surface area contributed by atoms with Gasteiger partial charge in [0.25, 0.3) is 0 Å². The highest BCUT2D eigenvalue weighted by atomic mass is 35.5. The maximum absolute atomic E-state index is 11.9. The smallest absolute Gasteiger partial charge is 0.312 e. The zero-order chi connectivity index (χ0) is 14.4. The predicted molar refractivity (Wildman–Crippen MR) is 76.1 cm³/mol. The van der Waals surface area contributed by atoms with Gasteiger partial charge in [-0.25, -0.2) is 0 Å². The number of hydrogen-bond acceptors (Lipinski definition) is 4. The van der Waals surface area contributed by atoms with Crippen LogP contribution in [0, 0.1) is 0 Å². The summed E-state index contributed by atoms with van der Waals surface area (Å²) in [6, 6.07) is 11.1. The minimum absolute atomic E-state index is 0.0885. The van der Waals surface area contributed by atoms with Crippen molar-refractivity contribution in [3.8, 4) is 17.2 Å². The van der Waals surface area contributed by atoms with Crippen molar-refractivity contribution < 1.29 is 19.0 Å². The summed E-state index contributed by atoms with van der Waals surface area (Å²) in [5.41, 5.74) is 1.90. The highest BCUT2D eigenvalue weighted by Crippen LogP contribution is 2.46. The Morgan fingerprint density at radius 2 is 1.86 bits per heavy atom. The van der Waals surface area contributed by atoms with Gasteiger partial charge in [0.15, 0.2) is 11.5 Å². The van der Waals surface area contributed by atoms with Crippen molar-refractivity contribution in [1.29, 1.82) is 0 Å². The Bertz CT molecular complexity index is 741. The Kier molecular flexibility index (Phi) is 2.79. The van der Waals surface area contributed by atoms with Gasteiger partial charge in [0.05, 0.1) is 6.42 Å². The summed E-state index contributed by atoms with van der Waals surface area (Å²) in [6.07, 6.45) is 0.285. The molecule has 0 aromatic heterocycles. The first-order valence-corrected chi connectivity index (χ1v) is 6.98. The van der Waals surface area contributed by atoms with Gasteiger partial charge in [-0.2, -0.15) is 0 Å². The van der Waals surface area contributed by atoms with E-state index in [0.29, 0.717) is 22.3 Å². The zero-order valence-electron chi connectivity index (χ0n) is 11.0. The fourth-order valence-corrected chi connectivity index (χ4v) is 2.96. The first-order chi connectivity index (χ1) is 10.2. The summed E-state index contributed by atoms with van der Waals surface area (Å²) < 4.78 is 16.1. The van der Waals surface area contributed by atoms with Crippen LogP contribution in [0.15, 0.2) is 36.4 Å². The molecule has 0 aliphatic carbocycles. The van der Waals surface area contributed by atoms with E-state index in [-0.39, 0.29) is 25.1 Å². The molecule has 0 fully saturated rings. The molecule has 4 nitrogen and oxygen atoms in total. The molecule has 2 heterocycles. The lowest BCUT2D eigenvalue weighted by atomic mass is 9.86. The Morgan fingerprint density at radius 1 is 1.05 bits per heavy atom. The molecule has 5 heteroatoms. The molecule has 1 unspecified atom stereocenters. The molecule has 0 spiro atoms. The summed E-state index contributed by atoms with van der Waals surface area (Å²) in [5, 5.41) is 0.647. The van der Waals surface area contributed by atoms with E-state index in [1.54, 1.807) is 6.07 Å². The summed E-state index contributed by atoms with van der Waals surface area (Å²) in [4.78, 5) is 11.9. The second kappa shape index (κ2) is 4.67. The van der Waals surface area contributed by atoms with Crippen LogP contribution in [-0.4, -0.2) is 12.8 Å². The van der Waals surface area contributed by atoms with Gasteiger partial charge in [-0.15, -0.1) is 0 Å². The molecule has 0 radical (unpaired) electrons. The third kappa shape index (κ3) is 2.12. The minimum Gasteiger partial charge on any atom is -0.454 e. The van der Waals surface area contributed by atoms with Crippen LogP contribution in [0.3, 0.4) is 0 Å². The highest BCUT2D eigenvalue weighted by molar-refractivity contribution is 6.30. The lowest BCUT2D eigenvalue weighted by Crippen LogP contribution is -2.20. The molecule has 0 saturated heterocycles. The van der Waals surface area contributed by atoms with Crippen molar-refractivity contribution in [2.24, 2.45) is 0 Å². The standard InChI is InChI=1S/C16H11ClO4/c17-10-3-1-2-9(4-10)11-6-16(18)21-13-7-15-14(5-12(11)13)19-8-20-15/h1-5,7,11H,6,8H2. The normalized spacial score (nSPS) is 19.1. The molecule has 1 atom stereocenters.